The van der Waals surface area contributed by atoms with Crippen molar-refractivity contribution in [2.45, 2.75) is 40.0 Å². The van der Waals surface area contributed by atoms with Crippen LogP contribution in [0.2, 0.25) is 5.02 Å². The van der Waals surface area contributed by atoms with Gasteiger partial charge in [-0.1, -0.05) is 22.9 Å². The molecule has 22 heavy (non-hydrogen) atoms. The Hall–Kier alpha value is -1.40. The first-order chi connectivity index (χ1) is 10.5. The molecule has 1 saturated heterocycles. The molecule has 0 saturated carbocycles. The van der Waals surface area contributed by atoms with Gasteiger partial charge in [-0.2, -0.15) is 5.10 Å². The van der Waals surface area contributed by atoms with E-state index in [0.29, 0.717) is 15.0 Å². The zero-order valence-electron chi connectivity index (χ0n) is 13.0. The zero-order chi connectivity index (χ0) is 15.9. The van der Waals surface area contributed by atoms with E-state index in [2.05, 4.69) is 10.1 Å². The quantitative estimate of drug-likeness (QED) is 0.841. The molecular formula is C15H19ClN4OS. The molecule has 0 bridgehead atoms. The van der Waals surface area contributed by atoms with Gasteiger partial charge in [0.25, 0.3) is 5.91 Å². The summed E-state index contributed by atoms with van der Waals surface area (Å²) in [6.45, 7) is 7.34. The number of hydrogen-bond acceptors (Lipinski definition) is 4. The first-order valence-corrected chi connectivity index (χ1v) is 8.67. The molecule has 3 rings (SSSR count). The molecule has 1 amide bonds. The Balaban J connectivity index is 1.93. The lowest BCUT2D eigenvalue weighted by Crippen LogP contribution is -2.35. The highest BCUT2D eigenvalue weighted by atomic mass is 35.5. The molecule has 7 heteroatoms. The molecule has 0 atom stereocenters. The molecule has 0 radical (unpaired) electrons. The van der Waals surface area contributed by atoms with Crippen molar-refractivity contribution >= 4 is 28.8 Å². The Morgan fingerprint density at radius 3 is 2.41 bits per heavy atom. The number of aromatic nitrogens is 3. The summed E-state index contributed by atoms with van der Waals surface area (Å²) in [5, 5.41) is 5.76. The summed E-state index contributed by atoms with van der Waals surface area (Å²) in [6, 6.07) is 0. The van der Waals surface area contributed by atoms with E-state index in [4.69, 9.17) is 11.6 Å². The second-order valence-electron chi connectivity index (χ2n) is 5.66. The highest BCUT2D eigenvalue weighted by molar-refractivity contribution is 7.16. The topological polar surface area (TPSA) is 51.0 Å². The van der Waals surface area contributed by atoms with Crippen LogP contribution in [0.5, 0.6) is 0 Å². The van der Waals surface area contributed by atoms with Gasteiger partial charge < -0.3 is 4.90 Å². The van der Waals surface area contributed by atoms with Crippen molar-refractivity contribution in [2.24, 2.45) is 0 Å². The predicted octanol–water partition coefficient (Wildman–Crippen LogP) is 3.53. The molecule has 0 aliphatic carbocycles. The number of rotatable bonds is 2. The fourth-order valence-electron chi connectivity index (χ4n) is 2.72. The number of likely N-dealkylation sites (tertiary alicyclic amines) is 1. The SMILES string of the molecule is Cc1nc(-n2nc(C)c(Cl)c2C)sc1C(=O)N1CCCCC1. The Bertz CT molecular complexity index is 715. The average Bonchev–Trinajstić information content (AvgIpc) is 3.03. The summed E-state index contributed by atoms with van der Waals surface area (Å²) < 4.78 is 1.72. The molecule has 2 aromatic heterocycles. The monoisotopic (exact) mass is 338 g/mol. The average molecular weight is 339 g/mol. The van der Waals surface area contributed by atoms with Crippen LogP contribution in [0.15, 0.2) is 0 Å². The molecule has 3 heterocycles. The van der Waals surface area contributed by atoms with Crippen molar-refractivity contribution in [1.29, 1.82) is 0 Å². The van der Waals surface area contributed by atoms with Gasteiger partial charge in [-0.3, -0.25) is 4.79 Å². The number of piperidine rings is 1. The Labute approximate surface area is 138 Å². The molecule has 118 valence electrons. The summed E-state index contributed by atoms with van der Waals surface area (Å²) in [5.74, 6) is 0.0913. The molecule has 0 unspecified atom stereocenters. The van der Waals surface area contributed by atoms with Gasteiger partial charge in [0.15, 0.2) is 0 Å². The maximum absolute atomic E-state index is 12.7. The van der Waals surface area contributed by atoms with Crippen LogP contribution in [-0.4, -0.2) is 38.7 Å². The second-order valence-corrected chi connectivity index (χ2v) is 7.02. The predicted molar refractivity (Wildman–Crippen MR) is 88.2 cm³/mol. The van der Waals surface area contributed by atoms with Gasteiger partial charge >= 0.3 is 0 Å². The third-order valence-electron chi connectivity index (χ3n) is 4.01. The third-order valence-corrected chi connectivity index (χ3v) is 5.67. The van der Waals surface area contributed by atoms with E-state index < -0.39 is 0 Å². The summed E-state index contributed by atoms with van der Waals surface area (Å²) in [7, 11) is 0. The van der Waals surface area contributed by atoms with E-state index in [1.54, 1.807) is 4.68 Å². The van der Waals surface area contributed by atoms with Crippen LogP contribution >= 0.6 is 22.9 Å². The first kappa shape index (κ1) is 15.5. The van der Waals surface area contributed by atoms with E-state index in [1.165, 1.54) is 17.8 Å². The number of nitrogens with zero attached hydrogens (tertiary/aromatic N) is 4. The lowest BCUT2D eigenvalue weighted by Gasteiger charge is -2.26. The number of amides is 1. The van der Waals surface area contributed by atoms with Gasteiger partial charge in [-0.05, 0) is 40.0 Å². The molecule has 1 aliphatic rings. The number of hydrogen-bond donors (Lipinski definition) is 0. The lowest BCUT2D eigenvalue weighted by molar-refractivity contribution is 0.0728. The van der Waals surface area contributed by atoms with E-state index >= 15 is 0 Å². The largest absolute Gasteiger partial charge is 0.338 e. The van der Waals surface area contributed by atoms with Gasteiger partial charge in [0, 0.05) is 13.1 Å². The third kappa shape index (κ3) is 2.65. The van der Waals surface area contributed by atoms with Gasteiger partial charge in [0.05, 0.1) is 22.1 Å². The van der Waals surface area contributed by atoms with Crippen LogP contribution in [0.25, 0.3) is 5.13 Å². The molecule has 5 nitrogen and oxygen atoms in total. The normalized spacial score (nSPS) is 15.4. The van der Waals surface area contributed by atoms with Crippen LogP contribution in [0.3, 0.4) is 0 Å². The van der Waals surface area contributed by atoms with Crippen LogP contribution in [0, 0.1) is 20.8 Å². The maximum atomic E-state index is 12.7. The first-order valence-electron chi connectivity index (χ1n) is 7.48. The maximum Gasteiger partial charge on any atom is 0.265 e. The van der Waals surface area contributed by atoms with Crippen LogP contribution in [-0.2, 0) is 0 Å². The minimum Gasteiger partial charge on any atom is -0.338 e. The molecule has 0 N–H and O–H groups in total. The molecular weight excluding hydrogens is 320 g/mol. The van der Waals surface area contributed by atoms with E-state index in [0.717, 1.165) is 43.0 Å². The van der Waals surface area contributed by atoms with Crippen LogP contribution in [0.4, 0.5) is 0 Å². The molecule has 0 spiro atoms. The molecule has 1 fully saturated rings. The summed E-state index contributed by atoms with van der Waals surface area (Å²) in [6.07, 6.45) is 3.38. The van der Waals surface area contributed by atoms with Crippen molar-refractivity contribution in [3.05, 3.63) is 27.0 Å². The van der Waals surface area contributed by atoms with Gasteiger partial charge in [-0.25, -0.2) is 9.67 Å². The highest BCUT2D eigenvalue weighted by Gasteiger charge is 2.24. The zero-order valence-corrected chi connectivity index (χ0v) is 14.6. The summed E-state index contributed by atoms with van der Waals surface area (Å²) in [5.41, 5.74) is 2.39. The fraction of sp³-hybridized carbons (Fsp3) is 0.533. The summed E-state index contributed by atoms with van der Waals surface area (Å²) >= 11 is 7.59. The Morgan fingerprint density at radius 2 is 1.82 bits per heavy atom. The number of thiazole rings is 1. The highest BCUT2D eigenvalue weighted by Crippen LogP contribution is 2.28. The second kappa shape index (κ2) is 6.01. The van der Waals surface area contributed by atoms with Crippen molar-refractivity contribution in [1.82, 2.24) is 19.7 Å². The minimum absolute atomic E-state index is 0.0913. The smallest absolute Gasteiger partial charge is 0.265 e. The standard InChI is InChI=1S/C15H19ClN4OS/c1-9-12(16)11(3)20(18-9)15-17-10(2)13(22-15)14(21)19-7-5-4-6-8-19/h4-8H2,1-3H3. The number of carbonyl (C=O) groups is 1. The van der Waals surface area contributed by atoms with Crippen LogP contribution < -0.4 is 0 Å². The van der Waals surface area contributed by atoms with E-state index in [1.807, 2.05) is 25.7 Å². The van der Waals surface area contributed by atoms with E-state index in [-0.39, 0.29) is 5.91 Å². The fourth-order valence-corrected chi connectivity index (χ4v) is 3.88. The minimum atomic E-state index is 0.0913. The lowest BCUT2D eigenvalue weighted by atomic mass is 10.1. The van der Waals surface area contributed by atoms with Crippen molar-refractivity contribution in [3.63, 3.8) is 0 Å². The number of aryl methyl sites for hydroxylation is 2. The van der Waals surface area contributed by atoms with E-state index in [9.17, 15) is 4.79 Å². The van der Waals surface area contributed by atoms with Crippen molar-refractivity contribution in [2.75, 3.05) is 13.1 Å². The van der Waals surface area contributed by atoms with Crippen molar-refractivity contribution in [3.8, 4) is 5.13 Å². The Kier molecular flexibility index (Phi) is 4.23. The molecule has 1 aliphatic heterocycles. The van der Waals surface area contributed by atoms with Crippen LogP contribution in [0.1, 0.15) is 46.0 Å². The van der Waals surface area contributed by atoms with Crippen molar-refractivity contribution < 1.29 is 4.79 Å². The van der Waals surface area contributed by atoms with Gasteiger partial charge in [-0.15, -0.1) is 0 Å². The number of halogens is 1. The molecule has 0 aromatic carbocycles. The Morgan fingerprint density at radius 1 is 1.14 bits per heavy atom. The van der Waals surface area contributed by atoms with Gasteiger partial charge in [0.1, 0.15) is 4.88 Å². The summed E-state index contributed by atoms with van der Waals surface area (Å²) in [4.78, 5) is 19.8. The molecule has 2 aromatic rings. The number of carbonyl (C=O) groups excluding carboxylic acids is 1. The van der Waals surface area contributed by atoms with Gasteiger partial charge in [0.2, 0.25) is 5.13 Å².